The molecular formula is C26H25FN2O4S. The third-order valence-electron chi connectivity index (χ3n) is 6.84. The largest absolute Gasteiger partial charge is 0.394 e. The second kappa shape index (κ2) is 8.61. The number of aliphatic hydroxyl groups is 1. The van der Waals surface area contributed by atoms with E-state index in [0.29, 0.717) is 0 Å². The van der Waals surface area contributed by atoms with Crippen LogP contribution in [0.2, 0.25) is 0 Å². The van der Waals surface area contributed by atoms with Crippen LogP contribution >= 0.6 is 0 Å². The average Bonchev–Trinajstić information content (AvgIpc) is 2.81. The van der Waals surface area contributed by atoms with Gasteiger partial charge in [0.25, 0.3) is 0 Å². The predicted octanol–water partition coefficient (Wildman–Crippen LogP) is 3.16. The fraction of sp³-hybridized carbons (Fsp3) is 0.269. The van der Waals surface area contributed by atoms with Crippen LogP contribution in [0.4, 0.5) is 4.39 Å². The highest BCUT2D eigenvalue weighted by molar-refractivity contribution is 7.89. The van der Waals surface area contributed by atoms with Crippen molar-refractivity contribution in [1.29, 1.82) is 0 Å². The third-order valence-corrected chi connectivity index (χ3v) is 8.64. The summed E-state index contributed by atoms with van der Waals surface area (Å²) in [5.74, 6) is -1.21. The zero-order chi connectivity index (χ0) is 24.0. The summed E-state index contributed by atoms with van der Waals surface area (Å²) in [5, 5.41) is 10.00. The number of sulfonamides is 1. The van der Waals surface area contributed by atoms with Gasteiger partial charge < -0.3 is 10.0 Å². The van der Waals surface area contributed by atoms with Crippen LogP contribution in [0.15, 0.2) is 77.7 Å². The monoisotopic (exact) mass is 480 g/mol. The first-order valence-corrected chi connectivity index (χ1v) is 12.6. The number of rotatable bonds is 5. The molecule has 34 heavy (non-hydrogen) atoms. The van der Waals surface area contributed by atoms with Crippen LogP contribution in [-0.4, -0.2) is 60.4 Å². The second-order valence-corrected chi connectivity index (χ2v) is 10.8. The maximum atomic E-state index is 13.7. The Bertz CT molecular complexity index is 1330. The van der Waals surface area contributed by atoms with E-state index in [1.807, 2.05) is 31.2 Å². The molecule has 0 saturated carbocycles. The van der Waals surface area contributed by atoms with E-state index in [0.717, 1.165) is 27.1 Å². The second-order valence-electron chi connectivity index (χ2n) is 8.89. The summed E-state index contributed by atoms with van der Waals surface area (Å²) in [6.45, 7) is 1.59. The van der Waals surface area contributed by atoms with Crippen LogP contribution < -0.4 is 0 Å². The van der Waals surface area contributed by atoms with Gasteiger partial charge in [-0.05, 0) is 41.8 Å². The topological polar surface area (TPSA) is 77.9 Å². The summed E-state index contributed by atoms with van der Waals surface area (Å²) in [6, 6.07) is 20.2. The number of amides is 1. The van der Waals surface area contributed by atoms with Gasteiger partial charge in [-0.3, -0.25) is 4.79 Å². The number of aliphatic hydroxyl groups excluding tert-OH is 1. The van der Waals surface area contributed by atoms with Crippen molar-refractivity contribution in [3.8, 4) is 11.1 Å². The summed E-state index contributed by atoms with van der Waals surface area (Å²) in [6.07, 6.45) is 0. The molecule has 0 aromatic heterocycles. The molecule has 1 N–H and O–H groups in total. The Balaban J connectivity index is 1.42. The third kappa shape index (κ3) is 3.81. The van der Waals surface area contributed by atoms with Crippen LogP contribution in [0.3, 0.4) is 0 Å². The van der Waals surface area contributed by atoms with Crippen LogP contribution in [-0.2, 0) is 14.8 Å². The van der Waals surface area contributed by atoms with Gasteiger partial charge in [0.1, 0.15) is 5.82 Å². The number of piperazine rings is 1. The van der Waals surface area contributed by atoms with E-state index in [1.54, 1.807) is 4.90 Å². The minimum absolute atomic E-state index is 0.0888. The molecule has 176 valence electrons. The van der Waals surface area contributed by atoms with E-state index >= 15 is 0 Å². The Kier molecular flexibility index (Phi) is 5.75. The standard InChI is InChI=1S/C26H25FN2O4S/c1-17-5-7-18(8-6-17)19-9-11-20(12-10-19)26-23-14-28(15-25(31)29(23)24(26)16-30)34(32,33)22-4-2-3-21(27)13-22/h2-13,23-24,26,30H,14-16H2,1H3/t23-,24+,26+/m1/s1. The van der Waals surface area contributed by atoms with Crippen molar-refractivity contribution >= 4 is 15.9 Å². The minimum atomic E-state index is -4.03. The van der Waals surface area contributed by atoms with Crippen LogP contribution in [0.25, 0.3) is 11.1 Å². The van der Waals surface area contributed by atoms with E-state index in [-0.39, 0.29) is 36.4 Å². The molecule has 2 aliphatic heterocycles. The summed E-state index contributed by atoms with van der Waals surface area (Å²) in [4.78, 5) is 14.3. The highest BCUT2D eigenvalue weighted by atomic mass is 32.2. The number of aryl methyl sites for hydroxylation is 1. The van der Waals surface area contributed by atoms with Gasteiger partial charge in [0.2, 0.25) is 15.9 Å². The normalized spacial score (nSPS) is 22.9. The van der Waals surface area contributed by atoms with Gasteiger partial charge in [0.15, 0.2) is 0 Å². The molecule has 2 aliphatic rings. The first-order chi connectivity index (χ1) is 16.3. The van der Waals surface area contributed by atoms with E-state index in [2.05, 4.69) is 24.3 Å². The van der Waals surface area contributed by atoms with E-state index < -0.39 is 27.9 Å². The molecule has 6 nitrogen and oxygen atoms in total. The highest BCUT2D eigenvalue weighted by Crippen LogP contribution is 2.44. The van der Waals surface area contributed by atoms with Gasteiger partial charge in [-0.15, -0.1) is 0 Å². The first kappa shape index (κ1) is 22.7. The fourth-order valence-electron chi connectivity index (χ4n) is 5.07. The van der Waals surface area contributed by atoms with Gasteiger partial charge in [-0.2, -0.15) is 4.31 Å². The van der Waals surface area contributed by atoms with Crippen molar-refractivity contribution < 1.29 is 22.7 Å². The lowest BCUT2D eigenvalue weighted by molar-refractivity contribution is -0.158. The number of halogens is 1. The van der Waals surface area contributed by atoms with E-state index in [4.69, 9.17) is 0 Å². The lowest BCUT2D eigenvalue weighted by atomic mass is 9.74. The minimum Gasteiger partial charge on any atom is -0.394 e. The molecule has 0 radical (unpaired) electrons. The lowest BCUT2D eigenvalue weighted by Gasteiger charge is -2.58. The average molecular weight is 481 g/mol. The maximum absolute atomic E-state index is 13.7. The van der Waals surface area contributed by atoms with Crippen molar-refractivity contribution in [1.82, 2.24) is 9.21 Å². The Hall–Kier alpha value is -3.07. The SMILES string of the molecule is Cc1ccc(-c2ccc([C@H]3[C@H]4CN(S(=O)(=O)c5cccc(F)c5)CC(=O)N4[C@H]3CO)cc2)cc1. The Morgan fingerprint density at radius 1 is 1.00 bits per heavy atom. The Morgan fingerprint density at radius 2 is 1.65 bits per heavy atom. The predicted molar refractivity (Wildman–Crippen MR) is 126 cm³/mol. The maximum Gasteiger partial charge on any atom is 0.243 e. The van der Waals surface area contributed by atoms with E-state index in [9.17, 15) is 22.7 Å². The zero-order valence-corrected chi connectivity index (χ0v) is 19.5. The van der Waals surface area contributed by atoms with Crippen molar-refractivity contribution in [3.63, 3.8) is 0 Å². The number of carbonyl (C=O) groups excluding carboxylic acids is 1. The van der Waals surface area contributed by atoms with Crippen LogP contribution in [0.5, 0.6) is 0 Å². The molecule has 2 heterocycles. The van der Waals surface area contributed by atoms with Crippen molar-refractivity contribution in [2.45, 2.75) is 29.8 Å². The number of hydrogen-bond donors (Lipinski definition) is 1. The van der Waals surface area contributed by atoms with Crippen LogP contribution in [0, 0.1) is 12.7 Å². The fourth-order valence-corrected chi connectivity index (χ4v) is 6.51. The number of hydrogen-bond acceptors (Lipinski definition) is 4. The highest BCUT2D eigenvalue weighted by Gasteiger charge is 2.55. The lowest BCUT2D eigenvalue weighted by Crippen LogP contribution is -2.73. The molecule has 3 aromatic carbocycles. The summed E-state index contributed by atoms with van der Waals surface area (Å²) >= 11 is 0. The zero-order valence-electron chi connectivity index (χ0n) is 18.6. The van der Waals surface area contributed by atoms with Gasteiger partial charge in [0, 0.05) is 12.5 Å². The summed E-state index contributed by atoms with van der Waals surface area (Å²) in [5.41, 5.74) is 4.26. The number of carbonyl (C=O) groups is 1. The summed E-state index contributed by atoms with van der Waals surface area (Å²) in [7, 11) is -4.03. The summed E-state index contributed by atoms with van der Waals surface area (Å²) < 4.78 is 41.0. The van der Waals surface area contributed by atoms with Crippen molar-refractivity contribution in [2.75, 3.05) is 19.7 Å². The molecule has 3 aromatic rings. The molecule has 1 amide bonds. The van der Waals surface area contributed by atoms with Crippen molar-refractivity contribution in [3.05, 3.63) is 89.7 Å². The molecular weight excluding hydrogens is 455 g/mol. The van der Waals surface area contributed by atoms with Crippen molar-refractivity contribution in [2.24, 2.45) is 0 Å². The molecule has 5 rings (SSSR count). The Morgan fingerprint density at radius 3 is 2.26 bits per heavy atom. The molecule has 8 heteroatoms. The number of fused-ring (bicyclic) bond motifs is 1. The molecule has 0 bridgehead atoms. The molecule has 2 saturated heterocycles. The molecule has 2 fully saturated rings. The number of nitrogens with zero attached hydrogens (tertiary/aromatic N) is 2. The first-order valence-electron chi connectivity index (χ1n) is 11.1. The van der Waals surface area contributed by atoms with Gasteiger partial charge in [-0.1, -0.05) is 60.2 Å². The van der Waals surface area contributed by atoms with Gasteiger partial charge in [-0.25, -0.2) is 12.8 Å². The van der Waals surface area contributed by atoms with E-state index in [1.165, 1.54) is 23.8 Å². The quantitative estimate of drug-likeness (QED) is 0.609. The Labute approximate surface area is 198 Å². The van der Waals surface area contributed by atoms with Gasteiger partial charge in [0.05, 0.1) is 30.1 Å². The molecule has 0 aliphatic carbocycles. The number of benzene rings is 3. The smallest absolute Gasteiger partial charge is 0.243 e. The molecule has 0 spiro atoms. The van der Waals surface area contributed by atoms with Crippen LogP contribution in [0.1, 0.15) is 17.0 Å². The molecule has 0 unspecified atom stereocenters. The molecule has 3 atom stereocenters. The van der Waals surface area contributed by atoms with Gasteiger partial charge >= 0.3 is 0 Å².